The monoisotopic (exact) mass is 254 g/mol. The lowest BCUT2D eigenvalue weighted by Gasteiger charge is -2.18. The molecule has 0 aliphatic heterocycles. The zero-order valence-corrected chi connectivity index (χ0v) is 9.92. The van der Waals surface area contributed by atoms with Crippen LogP contribution in [0.3, 0.4) is 0 Å². The van der Waals surface area contributed by atoms with Gasteiger partial charge in [-0.25, -0.2) is 0 Å². The molecule has 5 heteroatoms. The Bertz CT molecular complexity index is 723. The first-order chi connectivity index (χ1) is 9.06. The Morgan fingerprint density at radius 1 is 1.05 bits per heavy atom. The number of carbonyl (C=O) groups excluding carboxylic acids is 1. The molecule has 19 heavy (non-hydrogen) atoms. The Kier molecular flexibility index (Phi) is 2.35. The van der Waals surface area contributed by atoms with Crippen LogP contribution in [0.2, 0.25) is 0 Å². The van der Waals surface area contributed by atoms with Crippen LogP contribution in [0, 0.1) is 10.1 Å². The Hall–Kier alpha value is -2.69. The third-order valence-corrected chi connectivity index (χ3v) is 3.30. The number of benzene rings is 2. The summed E-state index contributed by atoms with van der Waals surface area (Å²) in [5, 5.41) is 10.8. The average molecular weight is 254 g/mol. The van der Waals surface area contributed by atoms with Crippen LogP contribution in [-0.2, 0) is 6.42 Å². The van der Waals surface area contributed by atoms with E-state index < -0.39 is 4.92 Å². The summed E-state index contributed by atoms with van der Waals surface area (Å²) in [6.07, 6.45) is 0.489. The van der Waals surface area contributed by atoms with E-state index in [-0.39, 0.29) is 11.5 Å². The number of nitro benzene ring substituents is 1. The third-order valence-electron chi connectivity index (χ3n) is 3.30. The molecule has 0 unspecified atom stereocenters. The molecule has 0 saturated carbocycles. The number of carbonyl (C=O) groups is 1. The molecule has 3 rings (SSSR count). The highest BCUT2D eigenvalue weighted by Crippen LogP contribution is 2.30. The molecular weight excluding hydrogens is 244 g/mol. The zero-order valence-electron chi connectivity index (χ0n) is 9.92. The van der Waals surface area contributed by atoms with Crippen LogP contribution < -0.4 is 5.73 Å². The normalized spacial score (nSPS) is 12.7. The van der Waals surface area contributed by atoms with E-state index in [2.05, 4.69) is 0 Å². The van der Waals surface area contributed by atoms with Crippen LogP contribution in [0.25, 0.3) is 0 Å². The van der Waals surface area contributed by atoms with Gasteiger partial charge in [-0.05, 0) is 41.8 Å². The molecular formula is C14H10N2O3. The lowest BCUT2D eigenvalue weighted by atomic mass is 9.84. The highest BCUT2D eigenvalue weighted by atomic mass is 16.6. The van der Waals surface area contributed by atoms with Crippen LogP contribution in [0.15, 0.2) is 36.4 Å². The van der Waals surface area contributed by atoms with Crippen LogP contribution in [-0.4, -0.2) is 10.7 Å². The quantitative estimate of drug-likeness (QED) is 0.410. The summed E-state index contributed by atoms with van der Waals surface area (Å²) in [5.41, 5.74) is 8.94. The third kappa shape index (κ3) is 1.76. The van der Waals surface area contributed by atoms with Crippen LogP contribution in [0.1, 0.15) is 27.0 Å². The Morgan fingerprint density at radius 3 is 2.37 bits per heavy atom. The molecule has 0 spiro atoms. The second-order valence-corrected chi connectivity index (χ2v) is 4.52. The molecule has 2 aromatic rings. The topological polar surface area (TPSA) is 86.2 Å². The van der Waals surface area contributed by atoms with Gasteiger partial charge in [0.25, 0.3) is 5.69 Å². The summed E-state index contributed by atoms with van der Waals surface area (Å²) in [7, 11) is 0. The van der Waals surface area contributed by atoms with Gasteiger partial charge >= 0.3 is 0 Å². The molecule has 2 N–H and O–H groups in total. The SMILES string of the molecule is Nc1ccc2c(c1)Cc1cc([N+](=O)[O-])ccc1C2=O. The molecule has 0 bridgehead atoms. The van der Waals surface area contributed by atoms with Crippen molar-refractivity contribution in [2.75, 3.05) is 5.73 Å². The molecule has 0 heterocycles. The van der Waals surface area contributed by atoms with E-state index in [1.807, 2.05) is 0 Å². The van der Waals surface area contributed by atoms with E-state index in [1.165, 1.54) is 18.2 Å². The van der Waals surface area contributed by atoms with E-state index in [0.717, 1.165) is 5.56 Å². The van der Waals surface area contributed by atoms with Crippen molar-refractivity contribution in [1.29, 1.82) is 0 Å². The van der Waals surface area contributed by atoms with E-state index in [4.69, 9.17) is 5.73 Å². The number of hydrogen-bond donors (Lipinski definition) is 1. The van der Waals surface area contributed by atoms with Crippen molar-refractivity contribution in [1.82, 2.24) is 0 Å². The van der Waals surface area contributed by atoms with Gasteiger partial charge < -0.3 is 5.73 Å². The summed E-state index contributed by atoms with van der Waals surface area (Å²) < 4.78 is 0. The van der Waals surface area contributed by atoms with Crippen molar-refractivity contribution in [3.63, 3.8) is 0 Å². The summed E-state index contributed by atoms with van der Waals surface area (Å²) in [6, 6.07) is 9.48. The molecule has 1 aliphatic carbocycles. The van der Waals surface area contributed by atoms with Crippen molar-refractivity contribution in [2.45, 2.75) is 6.42 Å². The number of nitro groups is 1. The van der Waals surface area contributed by atoms with Gasteiger partial charge in [0.15, 0.2) is 5.78 Å². The molecule has 1 aliphatic rings. The highest BCUT2D eigenvalue weighted by Gasteiger charge is 2.24. The van der Waals surface area contributed by atoms with Crippen LogP contribution in [0.5, 0.6) is 0 Å². The number of rotatable bonds is 1. The maximum Gasteiger partial charge on any atom is 0.269 e. The number of nitrogen functional groups attached to an aromatic ring is 1. The Morgan fingerprint density at radius 2 is 1.68 bits per heavy atom. The minimum atomic E-state index is -0.459. The number of non-ortho nitro benzene ring substituents is 1. The van der Waals surface area contributed by atoms with E-state index >= 15 is 0 Å². The summed E-state index contributed by atoms with van der Waals surface area (Å²) in [5.74, 6) is -0.105. The van der Waals surface area contributed by atoms with Gasteiger partial charge in [-0.15, -0.1) is 0 Å². The van der Waals surface area contributed by atoms with Crippen LogP contribution >= 0.6 is 0 Å². The fourth-order valence-electron chi connectivity index (χ4n) is 2.39. The fraction of sp³-hybridized carbons (Fsp3) is 0.0714. The zero-order chi connectivity index (χ0) is 13.6. The molecule has 0 saturated heterocycles. The second-order valence-electron chi connectivity index (χ2n) is 4.52. The first-order valence-corrected chi connectivity index (χ1v) is 5.76. The lowest BCUT2D eigenvalue weighted by molar-refractivity contribution is -0.384. The Labute approximate surface area is 108 Å². The second kappa shape index (κ2) is 3.91. The number of fused-ring (bicyclic) bond motifs is 2. The smallest absolute Gasteiger partial charge is 0.269 e. The molecule has 0 atom stereocenters. The largest absolute Gasteiger partial charge is 0.399 e. The van der Waals surface area contributed by atoms with E-state index in [1.54, 1.807) is 18.2 Å². The minimum absolute atomic E-state index is 0.00102. The summed E-state index contributed by atoms with van der Waals surface area (Å²) in [6.45, 7) is 0. The minimum Gasteiger partial charge on any atom is -0.399 e. The number of nitrogens with zero attached hydrogens (tertiary/aromatic N) is 1. The van der Waals surface area contributed by atoms with Gasteiger partial charge in [0, 0.05) is 28.9 Å². The van der Waals surface area contributed by atoms with E-state index in [0.29, 0.717) is 28.8 Å². The summed E-state index contributed by atoms with van der Waals surface area (Å²) in [4.78, 5) is 22.6. The maximum absolute atomic E-state index is 12.3. The van der Waals surface area contributed by atoms with Crippen molar-refractivity contribution < 1.29 is 9.72 Å². The van der Waals surface area contributed by atoms with Crippen molar-refractivity contribution >= 4 is 17.2 Å². The van der Waals surface area contributed by atoms with Gasteiger partial charge in [-0.3, -0.25) is 14.9 Å². The average Bonchev–Trinajstić information content (AvgIpc) is 2.37. The van der Waals surface area contributed by atoms with Crippen molar-refractivity contribution in [2.24, 2.45) is 0 Å². The maximum atomic E-state index is 12.3. The number of hydrogen-bond acceptors (Lipinski definition) is 4. The molecule has 5 nitrogen and oxygen atoms in total. The predicted octanol–water partition coefficient (Wildman–Crippen LogP) is 2.31. The van der Waals surface area contributed by atoms with Crippen LogP contribution in [0.4, 0.5) is 11.4 Å². The van der Waals surface area contributed by atoms with Gasteiger partial charge in [0.2, 0.25) is 0 Å². The molecule has 2 aromatic carbocycles. The van der Waals surface area contributed by atoms with Gasteiger partial charge in [0.1, 0.15) is 0 Å². The fourth-order valence-corrected chi connectivity index (χ4v) is 2.39. The molecule has 0 radical (unpaired) electrons. The Balaban J connectivity index is 2.16. The van der Waals surface area contributed by atoms with Crippen molar-refractivity contribution in [3.05, 3.63) is 68.8 Å². The first kappa shape index (κ1) is 11.4. The van der Waals surface area contributed by atoms with Gasteiger partial charge in [-0.1, -0.05) is 0 Å². The number of anilines is 1. The van der Waals surface area contributed by atoms with Gasteiger partial charge in [-0.2, -0.15) is 0 Å². The van der Waals surface area contributed by atoms with E-state index in [9.17, 15) is 14.9 Å². The molecule has 0 amide bonds. The number of ketones is 1. The molecule has 0 fully saturated rings. The first-order valence-electron chi connectivity index (χ1n) is 5.76. The summed E-state index contributed by atoms with van der Waals surface area (Å²) >= 11 is 0. The molecule has 94 valence electrons. The number of nitrogens with two attached hydrogens (primary N) is 1. The lowest BCUT2D eigenvalue weighted by Crippen LogP contribution is -2.15. The van der Waals surface area contributed by atoms with Gasteiger partial charge in [0.05, 0.1) is 4.92 Å². The predicted molar refractivity (Wildman–Crippen MR) is 70.2 cm³/mol. The molecule has 0 aromatic heterocycles. The standard InChI is InChI=1S/C14H10N2O3/c15-10-1-3-12-8(6-10)5-9-7-11(16(18)19)2-4-13(9)14(12)17/h1-4,6-7H,5,15H2. The highest BCUT2D eigenvalue weighted by molar-refractivity contribution is 6.12. The van der Waals surface area contributed by atoms with Crippen molar-refractivity contribution in [3.8, 4) is 0 Å².